The monoisotopic (exact) mass is 258 g/mol. The average molecular weight is 259 g/mol. The lowest BCUT2D eigenvalue weighted by atomic mass is 10.00. The molecule has 0 bridgehead atoms. The fraction of sp³-hybridized carbons (Fsp3) is 0.417. The second kappa shape index (κ2) is 6.00. The van der Waals surface area contributed by atoms with Crippen LogP contribution in [0.2, 0.25) is 0 Å². The molecule has 1 rings (SSSR count). The lowest BCUT2D eigenvalue weighted by Gasteiger charge is -2.19. The summed E-state index contributed by atoms with van der Waals surface area (Å²) in [5, 5.41) is 19.4. The molecule has 5 heteroatoms. The molecule has 0 radical (unpaired) electrons. The van der Waals surface area contributed by atoms with Crippen molar-refractivity contribution in [3.8, 4) is 5.75 Å². The zero-order chi connectivity index (χ0) is 13.0. The number of rotatable bonds is 5. The van der Waals surface area contributed by atoms with Gasteiger partial charge in [0.15, 0.2) is 5.78 Å². The van der Waals surface area contributed by atoms with Crippen LogP contribution in [0.25, 0.3) is 0 Å². The smallest absolute Gasteiger partial charge is 0.159 e. The van der Waals surface area contributed by atoms with Gasteiger partial charge in [0.2, 0.25) is 0 Å². The van der Waals surface area contributed by atoms with E-state index < -0.39 is 12.2 Å². The van der Waals surface area contributed by atoms with Gasteiger partial charge in [-0.1, -0.05) is 0 Å². The third kappa shape index (κ3) is 3.19. The van der Waals surface area contributed by atoms with Crippen molar-refractivity contribution in [2.45, 2.75) is 19.1 Å². The second-order valence-electron chi connectivity index (χ2n) is 3.68. The number of halogens is 1. The Morgan fingerprint density at radius 2 is 2.12 bits per heavy atom. The van der Waals surface area contributed by atoms with E-state index in [4.69, 9.17) is 16.3 Å². The van der Waals surface area contributed by atoms with Crippen LogP contribution in [0.5, 0.6) is 5.75 Å². The minimum absolute atomic E-state index is 0.103. The highest BCUT2D eigenvalue weighted by molar-refractivity contribution is 6.18. The summed E-state index contributed by atoms with van der Waals surface area (Å²) < 4.78 is 5.07. The van der Waals surface area contributed by atoms with Crippen molar-refractivity contribution in [2.75, 3.05) is 13.0 Å². The second-order valence-corrected chi connectivity index (χ2v) is 3.99. The summed E-state index contributed by atoms with van der Waals surface area (Å²) in [6.07, 6.45) is -2.28. The largest absolute Gasteiger partial charge is 0.496 e. The van der Waals surface area contributed by atoms with Gasteiger partial charge >= 0.3 is 0 Å². The molecule has 2 atom stereocenters. The van der Waals surface area contributed by atoms with Gasteiger partial charge in [-0.15, -0.1) is 11.6 Å². The number of ether oxygens (including phenoxy) is 1. The maximum atomic E-state index is 11.2. The molecular formula is C12H15ClO4. The summed E-state index contributed by atoms with van der Waals surface area (Å²) >= 11 is 5.48. The third-order valence-corrected chi connectivity index (χ3v) is 2.79. The highest BCUT2D eigenvalue weighted by Gasteiger charge is 2.22. The molecule has 1 aromatic rings. The zero-order valence-electron chi connectivity index (χ0n) is 9.68. The summed E-state index contributed by atoms with van der Waals surface area (Å²) in [5.74, 6) is 0.183. The first kappa shape index (κ1) is 14.0. The maximum absolute atomic E-state index is 11.2. The first-order valence-corrected chi connectivity index (χ1v) is 5.65. The van der Waals surface area contributed by atoms with Gasteiger partial charge in [-0.05, 0) is 25.1 Å². The zero-order valence-corrected chi connectivity index (χ0v) is 10.4. The van der Waals surface area contributed by atoms with E-state index in [0.717, 1.165) is 0 Å². The minimum Gasteiger partial charge on any atom is -0.496 e. The summed E-state index contributed by atoms with van der Waals surface area (Å²) in [4.78, 5) is 11.2. The van der Waals surface area contributed by atoms with Crippen molar-refractivity contribution in [3.63, 3.8) is 0 Å². The Labute approximate surface area is 105 Å². The van der Waals surface area contributed by atoms with Crippen molar-refractivity contribution in [2.24, 2.45) is 0 Å². The molecule has 0 aromatic heterocycles. The van der Waals surface area contributed by atoms with E-state index in [1.807, 2.05) is 0 Å². The van der Waals surface area contributed by atoms with E-state index in [1.165, 1.54) is 20.1 Å². The van der Waals surface area contributed by atoms with Crippen LogP contribution in [0.3, 0.4) is 0 Å². The van der Waals surface area contributed by atoms with Crippen molar-refractivity contribution in [3.05, 3.63) is 29.3 Å². The average Bonchev–Trinajstić information content (AvgIpc) is 2.35. The predicted molar refractivity (Wildman–Crippen MR) is 64.7 cm³/mol. The Morgan fingerprint density at radius 1 is 1.47 bits per heavy atom. The van der Waals surface area contributed by atoms with E-state index in [9.17, 15) is 15.0 Å². The highest BCUT2D eigenvalue weighted by Crippen LogP contribution is 2.29. The first-order chi connectivity index (χ1) is 8.01. The van der Waals surface area contributed by atoms with Crippen molar-refractivity contribution < 1.29 is 19.7 Å². The lowest BCUT2D eigenvalue weighted by Crippen LogP contribution is -2.20. The minimum atomic E-state index is -1.18. The number of carbonyl (C=O) groups excluding carboxylic acids is 1. The molecule has 2 N–H and O–H groups in total. The van der Waals surface area contributed by atoms with Crippen molar-refractivity contribution in [1.82, 2.24) is 0 Å². The normalized spacial score (nSPS) is 14.2. The first-order valence-electron chi connectivity index (χ1n) is 5.12. The molecule has 0 spiro atoms. The van der Waals surface area contributed by atoms with E-state index in [-0.39, 0.29) is 11.7 Å². The van der Waals surface area contributed by atoms with Crippen molar-refractivity contribution >= 4 is 17.4 Å². The number of aliphatic hydroxyl groups excluding tert-OH is 2. The fourth-order valence-electron chi connectivity index (χ4n) is 1.48. The van der Waals surface area contributed by atoms with Crippen molar-refractivity contribution in [1.29, 1.82) is 0 Å². The Morgan fingerprint density at radius 3 is 2.59 bits per heavy atom. The van der Waals surface area contributed by atoms with Crippen LogP contribution >= 0.6 is 11.6 Å². The molecular weight excluding hydrogens is 244 g/mol. The van der Waals surface area contributed by atoms with Crippen LogP contribution in [0.1, 0.15) is 28.9 Å². The van der Waals surface area contributed by atoms with Gasteiger partial charge in [-0.3, -0.25) is 4.79 Å². The molecule has 0 aliphatic heterocycles. The highest BCUT2D eigenvalue weighted by atomic mass is 35.5. The molecule has 4 nitrogen and oxygen atoms in total. The third-order valence-electron chi connectivity index (χ3n) is 2.48. The molecule has 17 heavy (non-hydrogen) atoms. The molecule has 94 valence electrons. The number of Topliss-reactive ketones (excluding diaryl/α,β-unsaturated/α-hetero) is 1. The Balaban J connectivity index is 3.18. The maximum Gasteiger partial charge on any atom is 0.159 e. The van der Waals surface area contributed by atoms with Gasteiger partial charge in [-0.25, -0.2) is 0 Å². The van der Waals surface area contributed by atoms with Gasteiger partial charge in [0.05, 0.1) is 19.1 Å². The molecule has 0 aliphatic rings. The Hall–Kier alpha value is -1.10. The van der Waals surface area contributed by atoms with Crippen LogP contribution in [-0.4, -0.2) is 35.1 Å². The SMILES string of the molecule is COc1ccc(C(C)=O)cc1C(O)C(O)CCl. The van der Waals surface area contributed by atoms with E-state index in [2.05, 4.69) is 0 Å². The number of methoxy groups -OCH3 is 1. The predicted octanol–water partition coefficient (Wildman–Crippen LogP) is 1.53. The van der Waals surface area contributed by atoms with E-state index >= 15 is 0 Å². The van der Waals surface area contributed by atoms with Crippen LogP contribution in [0.4, 0.5) is 0 Å². The van der Waals surface area contributed by atoms with Gasteiger partial charge < -0.3 is 14.9 Å². The number of ketones is 1. The molecule has 0 aliphatic carbocycles. The van der Waals surface area contributed by atoms with E-state index in [0.29, 0.717) is 16.9 Å². The summed E-state index contributed by atoms with van der Waals surface area (Å²) in [5.41, 5.74) is 0.801. The molecule has 0 amide bonds. The molecule has 1 aromatic carbocycles. The van der Waals surface area contributed by atoms with Crippen LogP contribution in [0, 0.1) is 0 Å². The topological polar surface area (TPSA) is 66.8 Å². The summed E-state index contributed by atoms with van der Waals surface area (Å²) in [7, 11) is 1.45. The number of carbonyl (C=O) groups is 1. The summed E-state index contributed by atoms with van der Waals surface area (Å²) in [6, 6.07) is 4.68. The molecule has 0 heterocycles. The van der Waals surface area contributed by atoms with E-state index in [1.54, 1.807) is 12.1 Å². The summed E-state index contributed by atoms with van der Waals surface area (Å²) in [6.45, 7) is 1.43. The molecule has 0 saturated heterocycles. The fourth-order valence-corrected chi connectivity index (χ4v) is 1.64. The van der Waals surface area contributed by atoms with Gasteiger partial charge in [0.1, 0.15) is 11.9 Å². The van der Waals surface area contributed by atoms with Crippen LogP contribution in [-0.2, 0) is 0 Å². The number of benzene rings is 1. The number of hydrogen-bond acceptors (Lipinski definition) is 4. The number of alkyl halides is 1. The van der Waals surface area contributed by atoms with Gasteiger partial charge in [0, 0.05) is 11.1 Å². The Bertz CT molecular complexity index is 405. The lowest BCUT2D eigenvalue weighted by molar-refractivity contribution is 0.0312. The van der Waals surface area contributed by atoms with Gasteiger partial charge in [0.25, 0.3) is 0 Å². The standard InChI is InChI=1S/C12H15ClO4/c1-7(14)8-3-4-11(17-2)9(5-8)12(16)10(15)6-13/h3-5,10,12,15-16H,6H2,1-2H3. The Kier molecular flexibility index (Phi) is 4.93. The van der Waals surface area contributed by atoms with Gasteiger partial charge in [-0.2, -0.15) is 0 Å². The molecule has 0 fully saturated rings. The quantitative estimate of drug-likeness (QED) is 0.621. The number of aliphatic hydroxyl groups is 2. The van der Waals surface area contributed by atoms with Crippen LogP contribution in [0.15, 0.2) is 18.2 Å². The molecule has 2 unspecified atom stereocenters. The number of hydrogen-bond donors (Lipinski definition) is 2. The molecule has 0 saturated carbocycles. The van der Waals surface area contributed by atoms with Crippen LogP contribution < -0.4 is 4.74 Å².